The van der Waals surface area contributed by atoms with E-state index in [1.807, 2.05) is 48.5 Å². The Morgan fingerprint density at radius 3 is 2.30 bits per heavy atom. The van der Waals surface area contributed by atoms with Crippen molar-refractivity contribution in [3.05, 3.63) is 84.9 Å². The van der Waals surface area contributed by atoms with Crippen LogP contribution in [-0.2, 0) is 19.7 Å². The van der Waals surface area contributed by atoms with Crippen LogP contribution in [0, 0.1) is 0 Å². The van der Waals surface area contributed by atoms with Gasteiger partial charge in [-0.05, 0) is 35.4 Å². The Morgan fingerprint density at radius 2 is 1.65 bits per heavy atom. The molecule has 0 aliphatic carbocycles. The van der Waals surface area contributed by atoms with Crippen molar-refractivity contribution in [2.45, 2.75) is 23.5 Å². The van der Waals surface area contributed by atoms with Gasteiger partial charge in [0.2, 0.25) is 15.9 Å². The topological polar surface area (TPSA) is 118 Å². The van der Waals surface area contributed by atoms with E-state index in [-0.39, 0.29) is 31.0 Å². The average Bonchev–Trinajstić information content (AvgIpc) is 3.37. The molecule has 2 N–H and O–H groups in total. The number of rotatable bonds is 10. The molecule has 3 aromatic carbocycles. The van der Waals surface area contributed by atoms with Crippen LogP contribution in [0.25, 0.3) is 11.1 Å². The van der Waals surface area contributed by atoms with Gasteiger partial charge in [-0.2, -0.15) is 4.31 Å². The molecule has 3 aromatic rings. The second-order valence-corrected chi connectivity index (χ2v) is 10.4. The largest absolute Gasteiger partial charge is 0.491 e. The number of nitrogens with one attached hydrogen (secondary N) is 1. The Hall–Kier alpha value is -3.73. The van der Waals surface area contributed by atoms with Gasteiger partial charge >= 0.3 is 0 Å². The lowest BCUT2D eigenvalue weighted by atomic mass is 10.1. The molecular formula is C27H29N3O6S. The van der Waals surface area contributed by atoms with Crippen LogP contribution in [0.5, 0.6) is 5.75 Å². The molecule has 0 aromatic heterocycles. The summed E-state index contributed by atoms with van der Waals surface area (Å²) in [7, 11) is -2.65. The Labute approximate surface area is 216 Å². The standard InChI is InChI=1S/C27H29N3O6S/c1-35-29-22-16-26(27(32)28-17-23(31)19-36-24-10-6-3-7-11-24)30(18-22)37(33,34)25-14-12-21(13-15-25)20-8-4-2-5-9-20/h2-15,23,26,31H,16-19H2,1H3,(H,28,32)/b29-22+. The number of oxime groups is 1. The number of aliphatic hydroxyl groups is 1. The molecule has 1 aliphatic rings. The maximum absolute atomic E-state index is 13.5. The first-order valence-corrected chi connectivity index (χ1v) is 13.2. The van der Waals surface area contributed by atoms with E-state index in [0.717, 1.165) is 15.4 Å². The Kier molecular flexibility index (Phi) is 8.54. The van der Waals surface area contributed by atoms with Crippen molar-refractivity contribution < 1.29 is 27.9 Å². The minimum absolute atomic E-state index is 0.0267. The van der Waals surface area contributed by atoms with Crippen molar-refractivity contribution in [1.29, 1.82) is 0 Å². The molecule has 2 atom stereocenters. The summed E-state index contributed by atoms with van der Waals surface area (Å²) in [5.74, 6) is 0.0594. The number of ether oxygens (including phenoxy) is 1. The predicted octanol–water partition coefficient (Wildman–Crippen LogP) is 2.68. The summed E-state index contributed by atoms with van der Waals surface area (Å²) >= 11 is 0. The van der Waals surface area contributed by atoms with Crippen molar-refractivity contribution in [1.82, 2.24) is 9.62 Å². The summed E-state index contributed by atoms with van der Waals surface area (Å²) in [5, 5.41) is 16.8. The monoisotopic (exact) mass is 523 g/mol. The number of hydrogen-bond acceptors (Lipinski definition) is 7. The van der Waals surface area contributed by atoms with E-state index < -0.39 is 28.1 Å². The Balaban J connectivity index is 1.44. The van der Waals surface area contributed by atoms with Crippen LogP contribution in [0.15, 0.2) is 95.0 Å². The van der Waals surface area contributed by atoms with Gasteiger partial charge in [0.25, 0.3) is 0 Å². The van der Waals surface area contributed by atoms with Gasteiger partial charge in [-0.15, -0.1) is 0 Å². The summed E-state index contributed by atoms with van der Waals surface area (Å²) in [4.78, 5) is 17.9. The number of para-hydroxylation sites is 1. The second kappa shape index (κ2) is 12.0. The Bertz CT molecular complexity index is 1320. The SMILES string of the molecule is CO/N=C1\CC(C(=O)NCC(O)COc2ccccc2)N(S(=O)(=O)c2ccc(-c3ccccc3)cc2)C1. The number of aliphatic hydroxyl groups excluding tert-OH is 1. The fraction of sp³-hybridized carbons (Fsp3) is 0.259. The van der Waals surface area contributed by atoms with Gasteiger partial charge in [-0.1, -0.05) is 65.8 Å². The lowest BCUT2D eigenvalue weighted by molar-refractivity contribution is -0.124. The fourth-order valence-electron chi connectivity index (χ4n) is 4.04. The summed E-state index contributed by atoms with van der Waals surface area (Å²) in [5.41, 5.74) is 2.28. The van der Waals surface area contributed by atoms with E-state index in [1.165, 1.54) is 19.2 Å². The van der Waals surface area contributed by atoms with Gasteiger partial charge < -0.3 is 20.0 Å². The number of carbonyl (C=O) groups excluding carboxylic acids is 1. The lowest BCUT2D eigenvalue weighted by Gasteiger charge is -2.23. The highest BCUT2D eigenvalue weighted by Gasteiger charge is 2.42. The van der Waals surface area contributed by atoms with Gasteiger partial charge in [0, 0.05) is 13.0 Å². The maximum Gasteiger partial charge on any atom is 0.244 e. The highest BCUT2D eigenvalue weighted by Crippen LogP contribution is 2.27. The van der Waals surface area contributed by atoms with Gasteiger partial charge in [-0.3, -0.25) is 4.79 Å². The van der Waals surface area contributed by atoms with Gasteiger partial charge in [0.1, 0.15) is 31.6 Å². The van der Waals surface area contributed by atoms with E-state index >= 15 is 0 Å². The van der Waals surface area contributed by atoms with Crippen LogP contribution in [0.1, 0.15) is 6.42 Å². The molecule has 0 bridgehead atoms. The maximum atomic E-state index is 13.5. The van der Waals surface area contributed by atoms with Crippen molar-refractivity contribution in [2.24, 2.45) is 5.16 Å². The number of carbonyl (C=O) groups is 1. The number of benzene rings is 3. The zero-order chi connectivity index (χ0) is 26.3. The molecule has 1 amide bonds. The third-order valence-electron chi connectivity index (χ3n) is 5.90. The number of nitrogens with zero attached hydrogens (tertiary/aromatic N) is 2. The van der Waals surface area contributed by atoms with Gasteiger partial charge in [0.05, 0.1) is 17.2 Å². The summed E-state index contributed by atoms with van der Waals surface area (Å²) in [6, 6.07) is 24.1. The summed E-state index contributed by atoms with van der Waals surface area (Å²) in [6.07, 6.45) is -0.897. The smallest absolute Gasteiger partial charge is 0.244 e. The molecule has 0 saturated carbocycles. The zero-order valence-corrected chi connectivity index (χ0v) is 21.2. The van der Waals surface area contributed by atoms with E-state index in [9.17, 15) is 18.3 Å². The van der Waals surface area contributed by atoms with Crippen LogP contribution >= 0.6 is 0 Å². The van der Waals surface area contributed by atoms with Crippen molar-refractivity contribution >= 4 is 21.6 Å². The second-order valence-electron chi connectivity index (χ2n) is 8.52. The number of hydrogen-bond donors (Lipinski definition) is 2. The molecule has 9 nitrogen and oxygen atoms in total. The third-order valence-corrected chi connectivity index (χ3v) is 7.77. The molecule has 1 heterocycles. The molecule has 194 valence electrons. The number of amides is 1. The third kappa shape index (κ3) is 6.53. The number of sulfonamides is 1. The first-order chi connectivity index (χ1) is 17.9. The molecule has 2 unspecified atom stereocenters. The van der Waals surface area contributed by atoms with Crippen molar-refractivity contribution in [2.75, 3.05) is 26.8 Å². The summed E-state index contributed by atoms with van der Waals surface area (Å²) in [6.45, 7) is -0.200. The van der Waals surface area contributed by atoms with Gasteiger partial charge in [-0.25, -0.2) is 8.42 Å². The summed E-state index contributed by atoms with van der Waals surface area (Å²) < 4.78 is 33.7. The van der Waals surface area contributed by atoms with Crippen LogP contribution in [0.4, 0.5) is 0 Å². The quantitative estimate of drug-likeness (QED) is 0.395. The molecule has 0 spiro atoms. The molecule has 1 fully saturated rings. The first-order valence-electron chi connectivity index (χ1n) is 11.8. The molecule has 4 rings (SSSR count). The molecule has 10 heteroatoms. The Morgan fingerprint density at radius 1 is 1.03 bits per heavy atom. The molecule has 37 heavy (non-hydrogen) atoms. The van der Waals surface area contributed by atoms with Crippen LogP contribution in [-0.4, -0.2) is 68.4 Å². The van der Waals surface area contributed by atoms with Gasteiger partial charge in [0.15, 0.2) is 0 Å². The minimum atomic E-state index is -4.02. The highest BCUT2D eigenvalue weighted by atomic mass is 32.2. The van der Waals surface area contributed by atoms with E-state index in [0.29, 0.717) is 11.5 Å². The molecule has 1 aliphatic heterocycles. The lowest BCUT2D eigenvalue weighted by Crippen LogP contribution is -2.48. The van der Waals surface area contributed by atoms with E-state index in [4.69, 9.17) is 9.57 Å². The van der Waals surface area contributed by atoms with E-state index in [2.05, 4.69) is 10.5 Å². The molecule has 0 radical (unpaired) electrons. The highest BCUT2D eigenvalue weighted by molar-refractivity contribution is 7.89. The molecule has 1 saturated heterocycles. The van der Waals surface area contributed by atoms with Crippen LogP contribution in [0.3, 0.4) is 0 Å². The minimum Gasteiger partial charge on any atom is -0.491 e. The molecular weight excluding hydrogens is 494 g/mol. The van der Waals surface area contributed by atoms with Crippen molar-refractivity contribution in [3.63, 3.8) is 0 Å². The van der Waals surface area contributed by atoms with E-state index in [1.54, 1.807) is 24.3 Å². The average molecular weight is 524 g/mol. The van der Waals surface area contributed by atoms with Crippen molar-refractivity contribution in [3.8, 4) is 16.9 Å². The first kappa shape index (κ1) is 26.3. The normalized spacial score (nSPS) is 17.9. The predicted molar refractivity (Wildman–Crippen MR) is 140 cm³/mol. The van der Waals surface area contributed by atoms with Crippen LogP contribution in [0.2, 0.25) is 0 Å². The fourth-order valence-corrected chi connectivity index (χ4v) is 5.62. The van der Waals surface area contributed by atoms with Crippen LogP contribution < -0.4 is 10.1 Å². The zero-order valence-electron chi connectivity index (χ0n) is 20.4.